The number of fused-ring (bicyclic) bond motifs is 1. The minimum atomic E-state index is -0.324. The van der Waals surface area contributed by atoms with Crippen LogP contribution in [0.2, 0.25) is 0 Å². The standard InChI is InChI=1S/C17H13FN2/c1-2-12-5-3-4-6-16(12)20-11-13(10-19)15-9-14(18)7-8-17(15)20/h3-9,11H,2H2,1H3. The zero-order valence-corrected chi connectivity index (χ0v) is 11.1. The number of aromatic nitrogens is 1. The summed E-state index contributed by atoms with van der Waals surface area (Å²) in [6.07, 6.45) is 2.68. The van der Waals surface area contributed by atoms with Crippen LogP contribution in [-0.4, -0.2) is 4.57 Å². The Morgan fingerprint density at radius 1 is 1.20 bits per heavy atom. The van der Waals surface area contributed by atoms with Crippen molar-refractivity contribution in [2.24, 2.45) is 0 Å². The minimum Gasteiger partial charge on any atom is -0.315 e. The van der Waals surface area contributed by atoms with Gasteiger partial charge in [0.05, 0.1) is 11.1 Å². The average Bonchev–Trinajstić information content (AvgIpc) is 2.84. The third kappa shape index (κ3) is 1.86. The van der Waals surface area contributed by atoms with Gasteiger partial charge in [-0.15, -0.1) is 0 Å². The molecule has 0 aliphatic carbocycles. The van der Waals surface area contributed by atoms with E-state index in [1.165, 1.54) is 17.7 Å². The molecule has 0 unspecified atom stereocenters. The predicted octanol–water partition coefficient (Wildman–Crippen LogP) is 4.20. The smallest absolute Gasteiger partial charge is 0.124 e. The molecule has 0 saturated heterocycles. The normalized spacial score (nSPS) is 10.7. The summed E-state index contributed by atoms with van der Waals surface area (Å²) in [5.41, 5.74) is 3.57. The maximum Gasteiger partial charge on any atom is 0.124 e. The lowest BCUT2D eigenvalue weighted by molar-refractivity contribution is 0.629. The highest BCUT2D eigenvalue weighted by Gasteiger charge is 2.12. The molecular weight excluding hydrogens is 251 g/mol. The van der Waals surface area contributed by atoms with E-state index >= 15 is 0 Å². The quantitative estimate of drug-likeness (QED) is 0.681. The highest BCUT2D eigenvalue weighted by molar-refractivity contribution is 5.88. The number of hydrogen-bond donors (Lipinski definition) is 0. The van der Waals surface area contributed by atoms with Gasteiger partial charge in [-0.1, -0.05) is 25.1 Å². The summed E-state index contributed by atoms with van der Waals surface area (Å²) < 4.78 is 15.4. The Balaban J connectivity index is 2.35. The average molecular weight is 264 g/mol. The largest absolute Gasteiger partial charge is 0.315 e. The van der Waals surface area contributed by atoms with Crippen LogP contribution in [0.15, 0.2) is 48.7 Å². The molecule has 3 heteroatoms. The molecule has 0 atom stereocenters. The van der Waals surface area contributed by atoms with E-state index < -0.39 is 0 Å². The Morgan fingerprint density at radius 3 is 2.75 bits per heavy atom. The van der Waals surface area contributed by atoms with Crippen LogP contribution in [0.3, 0.4) is 0 Å². The van der Waals surface area contributed by atoms with Gasteiger partial charge in [-0.05, 0) is 36.2 Å². The fraction of sp³-hybridized carbons (Fsp3) is 0.118. The van der Waals surface area contributed by atoms with Crippen LogP contribution in [-0.2, 0) is 6.42 Å². The van der Waals surface area contributed by atoms with Crippen LogP contribution in [0.5, 0.6) is 0 Å². The Kier molecular flexibility index (Phi) is 3.00. The van der Waals surface area contributed by atoms with Crippen LogP contribution < -0.4 is 0 Å². The Bertz CT molecular complexity index is 825. The van der Waals surface area contributed by atoms with Crippen LogP contribution in [0.25, 0.3) is 16.6 Å². The molecule has 0 aliphatic rings. The van der Waals surface area contributed by atoms with E-state index in [2.05, 4.69) is 19.1 Å². The van der Waals surface area contributed by atoms with E-state index in [0.717, 1.165) is 17.6 Å². The maximum absolute atomic E-state index is 13.4. The SMILES string of the molecule is CCc1ccccc1-n1cc(C#N)c2cc(F)ccc21. The molecule has 0 bridgehead atoms. The van der Waals surface area contributed by atoms with Gasteiger partial charge in [0.2, 0.25) is 0 Å². The molecule has 1 heterocycles. The summed E-state index contributed by atoms with van der Waals surface area (Å²) >= 11 is 0. The van der Waals surface area contributed by atoms with Crippen molar-refractivity contribution in [1.29, 1.82) is 5.26 Å². The molecule has 20 heavy (non-hydrogen) atoms. The first-order chi connectivity index (χ1) is 9.74. The molecule has 0 aliphatic heterocycles. The summed E-state index contributed by atoms with van der Waals surface area (Å²) in [6, 6.07) is 14.7. The number of halogens is 1. The van der Waals surface area contributed by atoms with Crippen molar-refractivity contribution < 1.29 is 4.39 Å². The van der Waals surface area contributed by atoms with E-state index in [0.29, 0.717) is 10.9 Å². The number of nitrogens with zero attached hydrogens (tertiary/aromatic N) is 2. The van der Waals surface area contributed by atoms with Crippen LogP contribution in [0.4, 0.5) is 4.39 Å². The van der Waals surface area contributed by atoms with Gasteiger partial charge >= 0.3 is 0 Å². The summed E-state index contributed by atoms with van der Waals surface area (Å²) in [4.78, 5) is 0. The van der Waals surface area contributed by atoms with Crippen LogP contribution >= 0.6 is 0 Å². The van der Waals surface area contributed by atoms with Crippen molar-refractivity contribution in [2.75, 3.05) is 0 Å². The zero-order chi connectivity index (χ0) is 14.1. The van der Waals surface area contributed by atoms with Crippen molar-refractivity contribution in [2.45, 2.75) is 13.3 Å². The number of para-hydroxylation sites is 1. The molecule has 0 N–H and O–H groups in total. The lowest BCUT2D eigenvalue weighted by Crippen LogP contribution is -1.97. The summed E-state index contributed by atoms with van der Waals surface area (Å²) in [6.45, 7) is 2.09. The highest BCUT2D eigenvalue weighted by atomic mass is 19.1. The molecule has 0 fully saturated rings. The maximum atomic E-state index is 13.4. The Labute approximate surface area is 116 Å². The first-order valence-electron chi connectivity index (χ1n) is 6.53. The second-order valence-corrected chi connectivity index (χ2v) is 4.67. The third-order valence-corrected chi connectivity index (χ3v) is 3.52. The fourth-order valence-corrected chi connectivity index (χ4v) is 2.54. The number of benzene rings is 2. The molecular formula is C17H13FN2. The van der Waals surface area contributed by atoms with E-state index in [1.54, 1.807) is 12.3 Å². The molecule has 2 aromatic carbocycles. The Morgan fingerprint density at radius 2 is 2.00 bits per heavy atom. The lowest BCUT2D eigenvalue weighted by Gasteiger charge is -2.10. The molecule has 1 aromatic heterocycles. The van der Waals surface area contributed by atoms with Gasteiger partial charge in [0.1, 0.15) is 11.9 Å². The molecule has 0 amide bonds. The van der Waals surface area contributed by atoms with Crippen molar-refractivity contribution in [3.63, 3.8) is 0 Å². The van der Waals surface area contributed by atoms with Crippen molar-refractivity contribution in [3.8, 4) is 11.8 Å². The van der Waals surface area contributed by atoms with Gasteiger partial charge in [-0.2, -0.15) is 5.26 Å². The summed E-state index contributed by atoms with van der Waals surface area (Å²) in [5.74, 6) is -0.324. The number of rotatable bonds is 2. The van der Waals surface area contributed by atoms with Crippen molar-refractivity contribution >= 4 is 10.9 Å². The van der Waals surface area contributed by atoms with E-state index in [1.807, 2.05) is 22.8 Å². The molecule has 98 valence electrons. The van der Waals surface area contributed by atoms with E-state index in [-0.39, 0.29) is 5.82 Å². The monoisotopic (exact) mass is 264 g/mol. The van der Waals surface area contributed by atoms with Gasteiger partial charge in [0, 0.05) is 17.3 Å². The molecule has 0 radical (unpaired) electrons. The topological polar surface area (TPSA) is 28.7 Å². The van der Waals surface area contributed by atoms with Crippen LogP contribution in [0, 0.1) is 17.1 Å². The van der Waals surface area contributed by atoms with E-state index in [4.69, 9.17) is 0 Å². The van der Waals surface area contributed by atoms with Crippen LogP contribution in [0.1, 0.15) is 18.1 Å². The second-order valence-electron chi connectivity index (χ2n) is 4.67. The summed E-state index contributed by atoms with van der Waals surface area (Å²) in [7, 11) is 0. The van der Waals surface area contributed by atoms with E-state index in [9.17, 15) is 9.65 Å². The van der Waals surface area contributed by atoms with Gasteiger partial charge in [-0.25, -0.2) is 4.39 Å². The zero-order valence-electron chi connectivity index (χ0n) is 11.1. The second kappa shape index (κ2) is 4.82. The predicted molar refractivity (Wildman–Crippen MR) is 77.3 cm³/mol. The van der Waals surface area contributed by atoms with Gasteiger partial charge in [0.15, 0.2) is 0 Å². The highest BCUT2D eigenvalue weighted by Crippen LogP contribution is 2.27. The molecule has 3 aromatic rings. The number of aryl methyl sites for hydroxylation is 1. The van der Waals surface area contributed by atoms with Crippen molar-refractivity contribution in [1.82, 2.24) is 4.57 Å². The summed E-state index contributed by atoms with van der Waals surface area (Å²) in [5, 5.41) is 9.88. The first-order valence-corrected chi connectivity index (χ1v) is 6.53. The van der Waals surface area contributed by atoms with Crippen molar-refractivity contribution in [3.05, 3.63) is 65.6 Å². The fourth-order valence-electron chi connectivity index (χ4n) is 2.54. The molecule has 3 rings (SSSR count). The molecule has 0 saturated carbocycles. The first kappa shape index (κ1) is 12.4. The number of nitriles is 1. The van der Waals surface area contributed by atoms with Gasteiger partial charge in [-0.3, -0.25) is 0 Å². The third-order valence-electron chi connectivity index (χ3n) is 3.52. The lowest BCUT2D eigenvalue weighted by atomic mass is 10.1. The molecule has 0 spiro atoms. The van der Waals surface area contributed by atoms with Gasteiger partial charge in [0.25, 0.3) is 0 Å². The Hall–Kier alpha value is -2.60. The minimum absolute atomic E-state index is 0.324. The van der Waals surface area contributed by atoms with Gasteiger partial charge < -0.3 is 4.57 Å². The number of hydrogen-bond acceptors (Lipinski definition) is 1. The molecule has 2 nitrogen and oxygen atoms in total.